The van der Waals surface area contributed by atoms with Crippen LogP contribution in [0.5, 0.6) is 0 Å². The highest BCUT2D eigenvalue weighted by Gasteiger charge is 2.28. The van der Waals surface area contributed by atoms with E-state index in [1.807, 2.05) is 47.8 Å². The lowest BCUT2D eigenvalue weighted by Crippen LogP contribution is -2.41. The lowest BCUT2D eigenvalue weighted by molar-refractivity contribution is -0.124. The number of benzene rings is 1. The summed E-state index contributed by atoms with van der Waals surface area (Å²) < 4.78 is 0. The van der Waals surface area contributed by atoms with Crippen LogP contribution in [-0.2, 0) is 16.1 Å². The Kier molecular flexibility index (Phi) is 5.40. The number of nitrogens with zero attached hydrogens (tertiary/aromatic N) is 3. The molecule has 0 spiro atoms. The first-order chi connectivity index (χ1) is 12.2. The standard InChI is InChI=1S/C19H19N3O2S/c1-2-12-21(14-16-9-6-13-25-16)19(24)17-10-11-18(23)22(20-17)15-7-4-3-5-8-15/h2-9,13H,1,10-12,14H2. The lowest BCUT2D eigenvalue weighted by atomic mass is 10.1. The molecule has 2 amide bonds. The Balaban J connectivity index is 1.83. The fraction of sp³-hybridized carbons (Fsp3) is 0.211. The molecule has 0 aliphatic carbocycles. The van der Waals surface area contributed by atoms with Crippen LogP contribution in [-0.4, -0.2) is 29.0 Å². The highest BCUT2D eigenvalue weighted by molar-refractivity contribution is 7.09. The van der Waals surface area contributed by atoms with E-state index in [4.69, 9.17) is 0 Å². The lowest BCUT2D eigenvalue weighted by Gasteiger charge is -2.26. The molecule has 6 heteroatoms. The molecular weight excluding hydrogens is 334 g/mol. The number of para-hydroxylation sites is 1. The Morgan fingerprint density at radius 1 is 1.24 bits per heavy atom. The van der Waals surface area contributed by atoms with Crippen LogP contribution in [0.1, 0.15) is 17.7 Å². The molecule has 0 saturated carbocycles. The predicted molar refractivity (Wildman–Crippen MR) is 101 cm³/mol. The van der Waals surface area contributed by atoms with Crippen molar-refractivity contribution in [3.63, 3.8) is 0 Å². The zero-order valence-corrected chi connectivity index (χ0v) is 14.6. The monoisotopic (exact) mass is 353 g/mol. The van der Waals surface area contributed by atoms with Crippen molar-refractivity contribution in [3.05, 3.63) is 65.4 Å². The fourth-order valence-electron chi connectivity index (χ4n) is 2.63. The van der Waals surface area contributed by atoms with Gasteiger partial charge in [-0.15, -0.1) is 17.9 Å². The maximum atomic E-state index is 12.9. The Hall–Kier alpha value is -2.73. The molecule has 3 rings (SSSR count). The summed E-state index contributed by atoms with van der Waals surface area (Å²) in [7, 11) is 0. The summed E-state index contributed by atoms with van der Waals surface area (Å²) in [5.74, 6) is -0.252. The van der Waals surface area contributed by atoms with Gasteiger partial charge in [0.15, 0.2) is 0 Å². The number of carbonyl (C=O) groups is 2. The third-order valence-electron chi connectivity index (χ3n) is 3.84. The second-order valence-corrected chi connectivity index (χ2v) is 6.67. The zero-order valence-electron chi connectivity index (χ0n) is 13.8. The molecule has 0 fully saturated rings. The van der Waals surface area contributed by atoms with Crippen LogP contribution in [0.3, 0.4) is 0 Å². The van der Waals surface area contributed by atoms with Gasteiger partial charge in [0.25, 0.3) is 5.91 Å². The second-order valence-electron chi connectivity index (χ2n) is 5.64. The van der Waals surface area contributed by atoms with Gasteiger partial charge in [0.2, 0.25) is 5.91 Å². The van der Waals surface area contributed by atoms with Crippen LogP contribution in [0, 0.1) is 0 Å². The van der Waals surface area contributed by atoms with Gasteiger partial charge >= 0.3 is 0 Å². The minimum atomic E-state index is -0.151. The summed E-state index contributed by atoms with van der Waals surface area (Å²) in [6.45, 7) is 4.69. The van der Waals surface area contributed by atoms with E-state index in [0.717, 1.165) is 4.88 Å². The zero-order chi connectivity index (χ0) is 17.6. The van der Waals surface area contributed by atoms with Crippen molar-refractivity contribution < 1.29 is 9.59 Å². The van der Waals surface area contributed by atoms with E-state index in [-0.39, 0.29) is 18.2 Å². The largest absolute Gasteiger partial charge is 0.329 e. The van der Waals surface area contributed by atoms with Gasteiger partial charge in [-0.1, -0.05) is 30.3 Å². The smallest absolute Gasteiger partial charge is 0.270 e. The van der Waals surface area contributed by atoms with Crippen LogP contribution < -0.4 is 5.01 Å². The van der Waals surface area contributed by atoms with Gasteiger partial charge in [0, 0.05) is 24.3 Å². The number of hydrazone groups is 1. The molecule has 0 radical (unpaired) electrons. The van der Waals surface area contributed by atoms with Gasteiger partial charge in [-0.2, -0.15) is 5.10 Å². The van der Waals surface area contributed by atoms with E-state index < -0.39 is 0 Å². The van der Waals surface area contributed by atoms with Crippen LogP contribution in [0.4, 0.5) is 5.69 Å². The first-order valence-electron chi connectivity index (χ1n) is 8.07. The molecule has 0 unspecified atom stereocenters. The van der Waals surface area contributed by atoms with Crippen molar-refractivity contribution in [2.24, 2.45) is 5.10 Å². The second kappa shape index (κ2) is 7.90. The van der Waals surface area contributed by atoms with Gasteiger partial charge in [-0.3, -0.25) is 9.59 Å². The molecule has 25 heavy (non-hydrogen) atoms. The maximum absolute atomic E-state index is 12.9. The summed E-state index contributed by atoms with van der Waals surface area (Å²) in [6.07, 6.45) is 2.34. The van der Waals surface area contributed by atoms with E-state index in [0.29, 0.717) is 30.9 Å². The van der Waals surface area contributed by atoms with Crippen molar-refractivity contribution in [2.45, 2.75) is 19.4 Å². The first-order valence-corrected chi connectivity index (χ1v) is 8.95. The van der Waals surface area contributed by atoms with Crippen LogP contribution in [0.2, 0.25) is 0 Å². The molecule has 0 saturated heterocycles. The molecule has 128 valence electrons. The molecule has 2 aromatic rings. The van der Waals surface area contributed by atoms with Gasteiger partial charge in [0.1, 0.15) is 5.71 Å². The summed E-state index contributed by atoms with van der Waals surface area (Å²) >= 11 is 1.61. The fourth-order valence-corrected chi connectivity index (χ4v) is 3.35. The number of amides is 2. The normalized spacial score (nSPS) is 14.2. The quantitative estimate of drug-likeness (QED) is 0.747. The maximum Gasteiger partial charge on any atom is 0.270 e. The average Bonchev–Trinajstić information content (AvgIpc) is 3.15. The first kappa shape index (κ1) is 17.1. The van der Waals surface area contributed by atoms with Crippen molar-refractivity contribution in [1.82, 2.24) is 4.90 Å². The minimum Gasteiger partial charge on any atom is -0.329 e. The van der Waals surface area contributed by atoms with Gasteiger partial charge in [0.05, 0.1) is 12.2 Å². The van der Waals surface area contributed by atoms with E-state index in [2.05, 4.69) is 11.7 Å². The Labute approximate surface area is 150 Å². The molecule has 1 aliphatic heterocycles. The number of hydrogen-bond acceptors (Lipinski definition) is 4. The summed E-state index contributed by atoms with van der Waals surface area (Å²) in [5, 5.41) is 7.66. The van der Waals surface area contributed by atoms with Crippen molar-refractivity contribution in [2.75, 3.05) is 11.6 Å². The Morgan fingerprint density at radius 2 is 2.04 bits per heavy atom. The summed E-state index contributed by atoms with van der Waals surface area (Å²) in [4.78, 5) is 27.9. The molecular formula is C19H19N3O2S. The summed E-state index contributed by atoms with van der Waals surface area (Å²) in [5.41, 5.74) is 1.08. The third-order valence-corrected chi connectivity index (χ3v) is 4.70. The van der Waals surface area contributed by atoms with Gasteiger partial charge in [-0.05, 0) is 23.6 Å². The van der Waals surface area contributed by atoms with Crippen molar-refractivity contribution in [1.29, 1.82) is 0 Å². The molecule has 0 N–H and O–H groups in total. The Morgan fingerprint density at radius 3 is 2.72 bits per heavy atom. The van der Waals surface area contributed by atoms with E-state index in [1.54, 1.807) is 22.3 Å². The van der Waals surface area contributed by atoms with E-state index in [1.165, 1.54) is 5.01 Å². The third kappa shape index (κ3) is 4.03. The minimum absolute atomic E-state index is 0.101. The predicted octanol–water partition coefficient (Wildman–Crippen LogP) is 3.45. The van der Waals surface area contributed by atoms with Crippen LogP contribution in [0.15, 0.2) is 65.6 Å². The number of thiophene rings is 1. The number of anilines is 1. The van der Waals surface area contributed by atoms with Crippen molar-refractivity contribution >= 4 is 34.6 Å². The molecule has 1 aliphatic rings. The average molecular weight is 353 g/mol. The molecule has 1 aromatic heterocycles. The number of carbonyl (C=O) groups excluding carboxylic acids is 2. The van der Waals surface area contributed by atoms with Crippen LogP contribution >= 0.6 is 11.3 Å². The molecule has 0 atom stereocenters. The highest BCUT2D eigenvalue weighted by Crippen LogP contribution is 2.21. The SMILES string of the molecule is C=CCN(Cc1cccs1)C(=O)C1=NN(c2ccccc2)C(=O)CC1. The van der Waals surface area contributed by atoms with Crippen LogP contribution in [0.25, 0.3) is 0 Å². The molecule has 5 nitrogen and oxygen atoms in total. The Bertz CT molecular complexity index is 784. The van der Waals surface area contributed by atoms with Crippen molar-refractivity contribution in [3.8, 4) is 0 Å². The van der Waals surface area contributed by atoms with Gasteiger partial charge in [-0.25, -0.2) is 5.01 Å². The highest BCUT2D eigenvalue weighted by atomic mass is 32.1. The van der Waals surface area contributed by atoms with Gasteiger partial charge < -0.3 is 4.90 Å². The number of rotatable bonds is 6. The molecule has 0 bridgehead atoms. The van der Waals surface area contributed by atoms with E-state index in [9.17, 15) is 9.59 Å². The van der Waals surface area contributed by atoms with E-state index >= 15 is 0 Å². The molecule has 1 aromatic carbocycles. The number of hydrogen-bond donors (Lipinski definition) is 0. The molecule has 2 heterocycles. The summed E-state index contributed by atoms with van der Waals surface area (Å²) in [6, 6.07) is 13.1. The topological polar surface area (TPSA) is 53.0 Å².